The van der Waals surface area contributed by atoms with E-state index in [0.29, 0.717) is 41.4 Å². The minimum absolute atomic E-state index is 0.0392. The average molecular weight is 1330 g/mol. The Labute approximate surface area is 566 Å². The smallest absolute Gasteiger partial charge is 0.450 e. The van der Waals surface area contributed by atoms with Gasteiger partial charge < -0.3 is 49.7 Å². The van der Waals surface area contributed by atoms with Crippen molar-refractivity contribution < 1.29 is 71.8 Å². The summed E-state index contributed by atoms with van der Waals surface area (Å²) in [7, 11) is 4.26. The van der Waals surface area contributed by atoms with Crippen molar-refractivity contribution in [1.29, 1.82) is 0 Å². The Kier molecular flexibility index (Phi) is 29.2. The number of rotatable bonds is 15. The van der Waals surface area contributed by atoms with E-state index in [2.05, 4.69) is 5.32 Å². The zero-order chi connectivity index (χ0) is 71.8. The Morgan fingerprint density at radius 2 is 1.17 bits per heavy atom. The molecule has 6 rings (SSSR count). The van der Waals surface area contributed by atoms with Crippen LogP contribution in [0, 0.1) is 53.1 Å². The van der Waals surface area contributed by atoms with Crippen molar-refractivity contribution in [3.63, 3.8) is 0 Å². The second-order valence-electron chi connectivity index (χ2n) is 27.9. The summed E-state index contributed by atoms with van der Waals surface area (Å²) in [6.45, 7) is 21.0. The molecule has 4 N–H and O–H groups in total. The van der Waals surface area contributed by atoms with Crippen LogP contribution in [-0.2, 0) is 60.7 Å². The number of nitrogens with one attached hydrogen (secondary N) is 1. The highest BCUT2D eigenvalue weighted by molar-refractivity contribution is 6.58. The van der Waals surface area contributed by atoms with Crippen molar-refractivity contribution in [2.75, 3.05) is 34.7 Å². The van der Waals surface area contributed by atoms with Gasteiger partial charge in [-0.1, -0.05) is 155 Å². The molecule has 0 aromatic heterocycles. The summed E-state index contributed by atoms with van der Waals surface area (Å²) in [6, 6.07) is 19.7. The molecule has 19 nitrogen and oxygen atoms in total. The third-order valence-electron chi connectivity index (χ3n) is 18.9. The summed E-state index contributed by atoms with van der Waals surface area (Å²) in [5.74, 6) is -10.5. The van der Waals surface area contributed by atoms with Crippen molar-refractivity contribution >= 4 is 65.6 Å². The number of cyclic esters (lactones) is 1. The fraction of sp³-hybridized carbons (Fsp3) is 0.554. The number of hydrogen-bond donors (Lipinski definition) is 4. The lowest BCUT2D eigenvalue weighted by molar-refractivity contribution is -0.178. The Bertz CT molecular complexity index is 3290. The molecule has 524 valence electrons. The Balaban J connectivity index is 0.00000152. The van der Waals surface area contributed by atoms with E-state index in [9.17, 15) is 28.3 Å². The predicted octanol–water partition coefficient (Wildman–Crippen LogP) is 7.86. The lowest BCUT2D eigenvalue weighted by atomic mass is 9.80. The van der Waals surface area contributed by atoms with E-state index >= 15 is 28.8 Å². The van der Waals surface area contributed by atoms with Crippen LogP contribution >= 0.6 is 0 Å². The second kappa shape index (κ2) is 35.5. The molecule has 6 amide bonds. The number of amides is 6. The van der Waals surface area contributed by atoms with E-state index < -0.39 is 138 Å². The minimum atomic E-state index is -1.96. The van der Waals surface area contributed by atoms with Crippen LogP contribution in [0.15, 0.2) is 103 Å². The molecule has 4 aromatic carbocycles. The van der Waals surface area contributed by atoms with Gasteiger partial charge in [-0.2, -0.15) is 0 Å². The average Bonchev–Trinajstić information content (AvgIpc) is 1.20. The summed E-state index contributed by atoms with van der Waals surface area (Å²) in [5.41, 5.74) is 1.08. The Morgan fingerprint density at radius 3 is 1.71 bits per heavy atom. The summed E-state index contributed by atoms with van der Waals surface area (Å²) >= 11 is 0. The van der Waals surface area contributed by atoms with Crippen LogP contribution in [0.2, 0.25) is 0 Å². The monoisotopic (exact) mass is 1330 g/mol. The quantitative estimate of drug-likeness (QED) is 0.0654. The number of ketones is 2. The molecule has 2 fully saturated rings. The normalized spacial score (nSPS) is 23.8. The van der Waals surface area contributed by atoms with E-state index in [-0.39, 0.29) is 68.5 Å². The molecule has 2 heterocycles. The molecule has 2 saturated heterocycles. The topological polar surface area (TPSA) is 252 Å². The van der Waals surface area contributed by atoms with Crippen LogP contribution in [0.4, 0.5) is 8.78 Å². The van der Waals surface area contributed by atoms with Gasteiger partial charge in [-0.05, 0) is 115 Å². The minimum Gasteiger partial charge on any atom is -0.450 e. The van der Waals surface area contributed by atoms with Gasteiger partial charge in [0.05, 0.1) is 17.7 Å². The zero-order valence-corrected chi connectivity index (χ0v) is 59.0. The van der Waals surface area contributed by atoms with Crippen LogP contribution in [0.5, 0.6) is 0 Å². The van der Waals surface area contributed by atoms with Gasteiger partial charge in [0.15, 0.2) is 23.7 Å². The number of aliphatic hydroxyl groups is 1. The van der Waals surface area contributed by atoms with Gasteiger partial charge in [-0.15, -0.1) is 0 Å². The number of Topliss-reactive ketones (excluding diaryl/α,β-unsaturated/α-hetero) is 2. The predicted molar refractivity (Wildman–Crippen MR) is 365 cm³/mol. The fourth-order valence-corrected chi connectivity index (χ4v) is 13.3. The molecule has 2 aliphatic heterocycles. The maximum atomic E-state index is 15.7. The molecule has 96 heavy (non-hydrogen) atoms. The number of ether oxygens (including phenoxy) is 1. The number of carbonyl (C=O) groups is 9. The molecule has 0 spiro atoms. The lowest BCUT2D eigenvalue weighted by Crippen LogP contribution is -2.61. The number of benzene rings is 4. The molecule has 0 radical (unpaired) electrons. The molecule has 0 aliphatic carbocycles. The highest BCUT2D eigenvalue weighted by Gasteiger charge is 2.48. The number of halogens is 2. The first-order valence-corrected chi connectivity index (χ1v) is 33.7. The highest BCUT2D eigenvalue weighted by Crippen LogP contribution is 2.33. The summed E-state index contributed by atoms with van der Waals surface area (Å²) in [6.07, 6.45) is -0.441. The van der Waals surface area contributed by atoms with Gasteiger partial charge in [-0.25, -0.2) is 13.6 Å². The molecule has 0 bridgehead atoms. The van der Waals surface area contributed by atoms with E-state index in [0.717, 1.165) is 10.5 Å². The lowest BCUT2D eigenvalue weighted by Gasteiger charge is -2.39. The zero-order valence-electron chi connectivity index (χ0n) is 59.0. The maximum absolute atomic E-state index is 15.7. The van der Waals surface area contributed by atoms with Crippen LogP contribution in [0.3, 0.4) is 0 Å². The van der Waals surface area contributed by atoms with Gasteiger partial charge >= 0.3 is 13.1 Å². The molecule has 4 aromatic rings. The second-order valence-corrected chi connectivity index (χ2v) is 27.9. The van der Waals surface area contributed by atoms with E-state index in [1.54, 1.807) is 84.0 Å². The van der Waals surface area contributed by atoms with Gasteiger partial charge in [0.25, 0.3) is 5.91 Å². The van der Waals surface area contributed by atoms with Gasteiger partial charge in [0.2, 0.25) is 29.5 Å². The maximum Gasteiger partial charge on any atom is 0.488 e. The van der Waals surface area contributed by atoms with Crippen LogP contribution in [-0.4, -0.2) is 182 Å². The largest absolute Gasteiger partial charge is 0.488 e. The number of nitrogens with zero attached hydrogens (tertiary/aromatic N) is 5. The van der Waals surface area contributed by atoms with Gasteiger partial charge in [0.1, 0.15) is 29.8 Å². The van der Waals surface area contributed by atoms with E-state index in [1.807, 2.05) is 52.0 Å². The molecule has 11 atom stereocenters. The van der Waals surface area contributed by atoms with Crippen molar-refractivity contribution in [1.82, 2.24) is 29.8 Å². The standard InChI is InChI=1S/C68H97FN6O11.C6H6BFO2/c1-17-43(9)51-39-55(76)53-28-23-33-75(53)65(82)54(37-46-26-22-27-48(35-46)47-29-31-50(69)32-30-47)71(13)64(81)52(36-45-24-20-19-21-25-45)70-61(78)58(42(7)8)73(15)66(83)59(44(10)18-2)86-67(84)60(68(11,12)85)74(16)62(79)49(34-40(3)4)38-56(77)57(41(5)6)72(14)63(51)80;8-6-3-1-5(2-4-6)7(9)10/h19-22,24-27,29-32,35,40-44,49,51-54,57-60,85H,17-18,23,28,33-34,36-39H2,1-16H3,(H,70,78);1-4,9-10H/t43?,44?,49-,51+,52+,53?,54?,57+,58+,59-,60-;/m1./s1. The van der Waals surface area contributed by atoms with Gasteiger partial charge in [0, 0.05) is 78.2 Å². The van der Waals surface area contributed by atoms with Crippen molar-refractivity contribution in [3.05, 3.63) is 126 Å². The third kappa shape index (κ3) is 20.7. The van der Waals surface area contributed by atoms with Crippen molar-refractivity contribution in [2.24, 2.45) is 41.4 Å². The number of likely N-dealkylation sites (N-methyl/N-ethyl adjacent to an activating group) is 4. The molecular weight excluding hydrogens is 1230 g/mol. The summed E-state index contributed by atoms with van der Waals surface area (Å²) in [5, 5.41) is 31.8. The molecule has 0 saturated carbocycles. The van der Waals surface area contributed by atoms with Crippen LogP contribution in [0.1, 0.15) is 139 Å². The summed E-state index contributed by atoms with van der Waals surface area (Å²) in [4.78, 5) is 143. The number of hydrogen-bond acceptors (Lipinski definition) is 13. The SMILES string of the molecule is CCC(C)[C@@H]1CC(=O)C2CCCN2C(=O)C(Cc2cccc(-c3ccc(F)cc3)c2)N(C)C(=O)[C@H](Cc2ccccc2)NC(=O)[C@H](C(C)C)N(C)C(=O)[C@@H](C(C)CC)OC(=O)[C@H](C(C)(C)O)N(C)C(=O)[C@H](CC(C)C)CC(=O)[C@H](C(C)C)N(C)C1=O.OB(O)c1ccc(F)cc1. The van der Waals surface area contributed by atoms with E-state index in [4.69, 9.17) is 14.8 Å². The molecule has 2 aliphatic rings. The fourth-order valence-electron chi connectivity index (χ4n) is 13.3. The first-order valence-electron chi connectivity index (χ1n) is 33.7. The van der Waals surface area contributed by atoms with Crippen LogP contribution < -0.4 is 10.8 Å². The first kappa shape index (κ1) is 79.0. The number of esters is 1. The Hall–Kier alpha value is -7.69. The first-order chi connectivity index (χ1) is 45.0. The molecule has 4 unspecified atom stereocenters. The number of fused-ring (bicyclic) bond motifs is 1. The van der Waals surface area contributed by atoms with Crippen molar-refractivity contribution in [2.45, 2.75) is 189 Å². The molecular formula is C74H103BF2N6O13. The third-order valence-corrected chi connectivity index (χ3v) is 18.9. The van der Waals surface area contributed by atoms with Crippen molar-refractivity contribution in [3.8, 4) is 11.1 Å². The van der Waals surface area contributed by atoms with Crippen LogP contribution in [0.25, 0.3) is 11.1 Å². The van der Waals surface area contributed by atoms with Gasteiger partial charge in [-0.3, -0.25) is 38.4 Å². The molecule has 22 heteroatoms. The highest BCUT2D eigenvalue weighted by atomic mass is 19.1. The number of carbonyl (C=O) groups excluding carboxylic acids is 9. The summed E-state index contributed by atoms with van der Waals surface area (Å²) < 4.78 is 32.5. The van der Waals surface area contributed by atoms with E-state index in [1.165, 1.54) is 98.0 Å². The Morgan fingerprint density at radius 1 is 0.604 bits per heavy atom.